The van der Waals surface area contributed by atoms with Crippen molar-refractivity contribution in [1.82, 2.24) is 9.88 Å². The number of amides is 2. The molecule has 2 aliphatic rings. The van der Waals surface area contributed by atoms with Gasteiger partial charge in [0.15, 0.2) is 0 Å². The Morgan fingerprint density at radius 1 is 1.25 bits per heavy atom. The lowest BCUT2D eigenvalue weighted by molar-refractivity contribution is -0.117. The van der Waals surface area contributed by atoms with Crippen LogP contribution in [0.2, 0.25) is 0 Å². The van der Waals surface area contributed by atoms with Crippen LogP contribution in [0.3, 0.4) is 0 Å². The number of hydrogen-bond donors (Lipinski definition) is 0. The lowest BCUT2D eigenvalue weighted by Gasteiger charge is -2.18. The first-order valence-corrected chi connectivity index (χ1v) is 8.24. The summed E-state index contributed by atoms with van der Waals surface area (Å²) in [5, 5.41) is 0. The highest BCUT2D eigenvalue weighted by molar-refractivity contribution is 6.05. The van der Waals surface area contributed by atoms with Gasteiger partial charge in [-0.15, -0.1) is 0 Å². The SMILES string of the molecule is CN(CCc1ccncc1)C(=O)c1cc2c3c(c1)CC(=O)N3CC2. The fraction of sp³-hybridized carbons (Fsp3) is 0.316. The van der Waals surface area contributed by atoms with Gasteiger partial charge in [0.25, 0.3) is 5.91 Å². The molecule has 0 bridgehead atoms. The third-order valence-electron chi connectivity index (χ3n) is 4.86. The minimum absolute atomic E-state index is 0.0147. The van der Waals surface area contributed by atoms with E-state index >= 15 is 0 Å². The van der Waals surface area contributed by atoms with Crippen LogP contribution in [0, 0.1) is 0 Å². The maximum atomic E-state index is 12.7. The standard InChI is InChI=1S/C19H19N3O2/c1-21(8-4-13-2-6-20-7-3-13)19(24)16-10-14-5-9-22-17(23)12-15(11-16)18(14)22/h2-3,6-7,10-11H,4-5,8-9,12H2,1H3. The van der Waals surface area contributed by atoms with Crippen LogP contribution in [0.5, 0.6) is 0 Å². The van der Waals surface area contributed by atoms with Gasteiger partial charge in [0.05, 0.1) is 12.1 Å². The van der Waals surface area contributed by atoms with Gasteiger partial charge in [0, 0.05) is 38.1 Å². The van der Waals surface area contributed by atoms with Gasteiger partial charge in [0.2, 0.25) is 5.91 Å². The third-order valence-corrected chi connectivity index (χ3v) is 4.86. The Kier molecular flexibility index (Phi) is 3.56. The van der Waals surface area contributed by atoms with Crippen molar-refractivity contribution in [3.05, 3.63) is 58.9 Å². The molecule has 0 atom stereocenters. The predicted molar refractivity (Wildman–Crippen MR) is 91.1 cm³/mol. The molecule has 2 amide bonds. The molecule has 0 unspecified atom stereocenters. The monoisotopic (exact) mass is 321 g/mol. The topological polar surface area (TPSA) is 53.5 Å². The Morgan fingerprint density at radius 2 is 2.00 bits per heavy atom. The molecule has 0 spiro atoms. The molecule has 24 heavy (non-hydrogen) atoms. The van der Waals surface area contributed by atoms with E-state index < -0.39 is 0 Å². The molecule has 2 aromatic rings. The lowest BCUT2D eigenvalue weighted by atomic mass is 10.0. The van der Waals surface area contributed by atoms with Gasteiger partial charge in [0.1, 0.15) is 0 Å². The minimum Gasteiger partial charge on any atom is -0.341 e. The highest BCUT2D eigenvalue weighted by atomic mass is 16.2. The number of nitrogens with zero attached hydrogens (tertiary/aromatic N) is 3. The van der Waals surface area contributed by atoms with Crippen LogP contribution in [-0.2, 0) is 24.1 Å². The van der Waals surface area contributed by atoms with Gasteiger partial charge in [-0.1, -0.05) is 0 Å². The van der Waals surface area contributed by atoms with Crippen molar-refractivity contribution in [2.45, 2.75) is 19.3 Å². The summed E-state index contributed by atoms with van der Waals surface area (Å²) in [7, 11) is 1.83. The molecular formula is C19H19N3O2. The molecular weight excluding hydrogens is 302 g/mol. The molecule has 0 aliphatic carbocycles. The Bertz CT molecular complexity index is 817. The fourth-order valence-electron chi connectivity index (χ4n) is 3.58. The van der Waals surface area contributed by atoms with Crippen LogP contribution in [0.25, 0.3) is 0 Å². The first-order chi connectivity index (χ1) is 11.6. The molecule has 122 valence electrons. The maximum Gasteiger partial charge on any atom is 0.253 e. The number of carbonyl (C=O) groups excluding carboxylic acids is 2. The number of likely N-dealkylation sites (N-methyl/N-ethyl adjacent to an activating group) is 1. The van der Waals surface area contributed by atoms with Gasteiger partial charge < -0.3 is 9.80 Å². The molecule has 1 aromatic carbocycles. The zero-order valence-corrected chi connectivity index (χ0v) is 13.7. The van der Waals surface area contributed by atoms with Crippen LogP contribution < -0.4 is 4.90 Å². The lowest BCUT2D eigenvalue weighted by Crippen LogP contribution is -2.29. The van der Waals surface area contributed by atoms with E-state index in [1.165, 1.54) is 5.56 Å². The average Bonchev–Trinajstić information content (AvgIpc) is 3.17. The highest BCUT2D eigenvalue weighted by Gasteiger charge is 2.34. The molecule has 0 saturated heterocycles. The van der Waals surface area contributed by atoms with Gasteiger partial charge >= 0.3 is 0 Å². The van der Waals surface area contributed by atoms with Crippen molar-refractivity contribution in [3.8, 4) is 0 Å². The third kappa shape index (κ3) is 2.46. The van der Waals surface area contributed by atoms with E-state index in [0.717, 1.165) is 36.2 Å². The van der Waals surface area contributed by atoms with Crippen molar-refractivity contribution in [2.24, 2.45) is 0 Å². The predicted octanol–water partition coefficient (Wildman–Crippen LogP) is 1.84. The van der Waals surface area contributed by atoms with Crippen LogP contribution in [0.15, 0.2) is 36.7 Å². The summed E-state index contributed by atoms with van der Waals surface area (Å²) in [5.74, 6) is 0.167. The number of benzene rings is 1. The highest BCUT2D eigenvalue weighted by Crippen LogP contribution is 2.38. The van der Waals surface area contributed by atoms with Crippen molar-refractivity contribution < 1.29 is 9.59 Å². The van der Waals surface area contributed by atoms with E-state index in [1.54, 1.807) is 17.3 Å². The van der Waals surface area contributed by atoms with Gasteiger partial charge in [-0.3, -0.25) is 14.6 Å². The van der Waals surface area contributed by atoms with E-state index in [0.29, 0.717) is 18.5 Å². The number of hydrogen-bond acceptors (Lipinski definition) is 3. The van der Waals surface area contributed by atoms with E-state index in [-0.39, 0.29) is 11.8 Å². The molecule has 0 fully saturated rings. The smallest absolute Gasteiger partial charge is 0.253 e. The normalized spacial score (nSPS) is 14.9. The largest absolute Gasteiger partial charge is 0.341 e. The van der Waals surface area contributed by atoms with Crippen molar-refractivity contribution in [2.75, 3.05) is 25.0 Å². The zero-order valence-electron chi connectivity index (χ0n) is 13.7. The van der Waals surface area contributed by atoms with E-state index in [2.05, 4.69) is 4.98 Å². The summed E-state index contributed by atoms with van der Waals surface area (Å²) in [6.45, 7) is 1.40. The molecule has 0 radical (unpaired) electrons. The summed E-state index contributed by atoms with van der Waals surface area (Å²) >= 11 is 0. The maximum absolute atomic E-state index is 12.7. The molecule has 1 aromatic heterocycles. The van der Waals surface area contributed by atoms with E-state index in [9.17, 15) is 9.59 Å². The zero-order chi connectivity index (χ0) is 16.7. The van der Waals surface area contributed by atoms with Crippen molar-refractivity contribution in [3.63, 3.8) is 0 Å². The van der Waals surface area contributed by atoms with Gasteiger partial charge in [-0.2, -0.15) is 0 Å². The van der Waals surface area contributed by atoms with Gasteiger partial charge in [-0.05, 0) is 53.8 Å². The summed E-state index contributed by atoms with van der Waals surface area (Å²) in [5.41, 5.74) is 5.04. The second kappa shape index (κ2) is 5.74. The Morgan fingerprint density at radius 3 is 2.79 bits per heavy atom. The second-order valence-electron chi connectivity index (χ2n) is 6.45. The molecule has 3 heterocycles. The Labute approximate surface area is 140 Å². The van der Waals surface area contributed by atoms with Gasteiger partial charge in [-0.25, -0.2) is 0 Å². The number of aromatic nitrogens is 1. The molecule has 2 aliphatic heterocycles. The van der Waals surface area contributed by atoms with Crippen LogP contribution in [0.1, 0.15) is 27.0 Å². The minimum atomic E-state index is 0.0147. The Balaban J connectivity index is 1.51. The molecule has 4 rings (SSSR count). The first kappa shape index (κ1) is 14.9. The second-order valence-corrected chi connectivity index (χ2v) is 6.45. The number of pyridine rings is 1. The number of carbonyl (C=O) groups is 2. The van der Waals surface area contributed by atoms with Crippen LogP contribution in [-0.4, -0.2) is 41.8 Å². The summed E-state index contributed by atoms with van der Waals surface area (Å²) in [6.07, 6.45) is 5.60. The average molecular weight is 321 g/mol. The molecule has 0 saturated carbocycles. The number of anilines is 1. The number of rotatable bonds is 4. The first-order valence-electron chi connectivity index (χ1n) is 8.24. The quantitative estimate of drug-likeness (QED) is 0.863. The fourth-order valence-corrected chi connectivity index (χ4v) is 3.58. The van der Waals surface area contributed by atoms with Crippen molar-refractivity contribution >= 4 is 17.5 Å². The van der Waals surface area contributed by atoms with E-state index in [4.69, 9.17) is 0 Å². The van der Waals surface area contributed by atoms with Crippen LogP contribution >= 0.6 is 0 Å². The summed E-state index contributed by atoms with van der Waals surface area (Å²) in [6, 6.07) is 7.79. The van der Waals surface area contributed by atoms with Crippen molar-refractivity contribution in [1.29, 1.82) is 0 Å². The molecule has 5 nitrogen and oxygen atoms in total. The molecule has 5 heteroatoms. The summed E-state index contributed by atoms with van der Waals surface area (Å²) < 4.78 is 0. The summed E-state index contributed by atoms with van der Waals surface area (Å²) in [4.78, 5) is 32.3. The Hall–Kier alpha value is -2.69. The molecule has 0 N–H and O–H groups in total. The van der Waals surface area contributed by atoms with Crippen LogP contribution in [0.4, 0.5) is 5.69 Å². The van der Waals surface area contributed by atoms with E-state index in [1.807, 2.05) is 36.2 Å².